The predicted octanol–water partition coefficient (Wildman–Crippen LogP) is 4.74. The van der Waals surface area contributed by atoms with E-state index in [1.165, 1.54) is 12.1 Å². The summed E-state index contributed by atoms with van der Waals surface area (Å²) in [6.07, 6.45) is 3.78. The maximum Gasteiger partial charge on any atom is 0.321 e. The van der Waals surface area contributed by atoms with Crippen LogP contribution in [0, 0.1) is 5.92 Å². The second-order valence-electron chi connectivity index (χ2n) is 9.06. The third-order valence-corrected chi connectivity index (χ3v) is 5.99. The largest absolute Gasteiger partial charge is 0.480 e. The lowest BCUT2D eigenvalue weighted by Gasteiger charge is -2.32. The van der Waals surface area contributed by atoms with Crippen molar-refractivity contribution in [1.82, 2.24) is 0 Å². The number of carbonyl (C=O) groups excluding carboxylic acids is 3. The third-order valence-electron chi connectivity index (χ3n) is 5.99. The van der Waals surface area contributed by atoms with Crippen LogP contribution >= 0.6 is 0 Å². The Kier molecular flexibility index (Phi) is 13.8. The minimum Gasteiger partial charge on any atom is -0.480 e. The average Bonchev–Trinajstić information content (AvgIpc) is 2.81. The van der Waals surface area contributed by atoms with Gasteiger partial charge in [-0.3, -0.25) is 19.2 Å². The summed E-state index contributed by atoms with van der Waals surface area (Å²) in [5, 5.41) is 9.70. The number of benzene rings is 1. The number of rotatable bonds is 16. The molecule has 202 valence electrons. The van der Waals surface area contributed by atoms with Crippen molar-refractivity contribution < 1.29 is 38.5 Å². The maximum absolute atomic E-state index is 12.3. The predicted molar refractivity (Wildman–Crippen MR) is 135 cm³/mol. The van der Waals surface area contributed by atoms with Gasteiger partial charge in [-0.05, 0) is 43.9 Å². The Hall–Kier alpha value is -2.94. The number of hydrogen-bond donors (Lipinski definition) is 2. The normalized spacial score (nSPS) is 14.3. The third kappa shape index (κ3) is 9.97. The highest BCUT2D eigenvalue weighted by Crippen LogP contribution is 2.37. The van der Waals surface area contributed by atoms with Crippen molar-refractivity contribution in [2.75, 3.05) is 0 Å². The molecule has 0 aliphatic heterocycles. The Bertz CT molecular complexity index is 885. The van der Waals surface area contributed by atoms with Gasteiger partial charge in [-0.15, -0.1) is 0 Å². The molecule has 0 saturated carbocycles. The maximum atomic E-state index is 12.3. The standard InChI is InChI=1S/C27H41NO8/c1-6-9-10-13-24(31)34-18(5)17(4)25(26(28)27(32)33)19-14-15-20(35-22(29)11-7-2)21(16-19)36-23(30)12-8-3/h14-18,25-26H,6-13,28H2,1-5H3,(H,32,33)/t17?,18?,25?,26-/m0/s1. The number of carboxylic acid groups (broad SMARTS) is 1. The first-order chi connectivity index (χ1) is 17.0. The van der Waals surface area contributed by atoms with Gasteiger partial charge in [-0.2, -0.15) is 0 Å². The number of aliphatic carboxylic acids is 1. The van der Waals surface area contributed by atoms with E-state index >= 15 is 0 Å². The molecular weight excluding hydrogens is 466 g/mol. The van der Waals surface area contributed by atoms with Crippen LogP contribution in [0.25, 0.3) is 0 Å². The van der Waals surface area contributed by atoms with E-state index < -0.39 is 41.9 Å². The quantitative estimate of drug-likeness (QED) is 0.184. The Morgan fingerprint density at radius 2 is 1.42 bits per heavy atom. The highest BCUT2D eigenvalue weighted by Gasteiger charge is 2.35. The number of hydrogen-bond acceptors (Lipinski definition) is 8. The van der Waals surface area contributed by atoms with Gasteiger partial charge in [0.25, 0.3) is 0 Å². The molecule has 0 heterocycles. The summed E-state index contributed by atoms with van der Waals surface area (Å²) in [6.45, 7) is 9.16. The van der Waals surface area contributed by atoms with Crippen molar-refractivity contribution in [3.63, 3.8) is 0 Å². The van der Waals surface area contributed by atoms with Gasteiger partial charge in [0.05, 0.1) is 0 Å². The Morgan fingerprint density at radius 3 is 1.94 bits per heavy atom. The summed E-state index contributed by atoms with van der Waals surface area (Å²) in [5.41, 5.74) is 6.54. The highest BCUT2D eigenvalue weighted by molar-refractivity contribution is 5.77. The van der Waals surface area contributed by atoms with Crippen LogP contribution in [0.4, 0.5) is 0 Å². The van der Waals surface area contributed by atoms with E-state index in [0.29, 0.717) is 18.4 Å². The summed E-state index contributed by atoms with van der Waals surface area (Å²) in [6, 6.07) is 3.20. The van der Waals surface area contributed by atoms with Gasteiger partial charge in [0.1, 0.15) is 12.1 Å². The summed E-state index contributed by atoms with van der Waals surface area (Å²) in [4.78, 5) is 48.4. The molecular formula is C27H41NO8. The SMILES string of the molecule is CCCCCC(=O)OC(C)C(C)C(c1ccc(OC(=O)CCC)c(OC(=O)CCC)c1)[C@H](N)C(=O)O. The molecule has 0 aliphatic rings. The average molecular weight is 508 g/mol. The van der Waals surface area contributed by atoms with Crippen molar-refractivity contribution in [1.29, 1.82) is 0 Å². The lowest BCUT2D eigenvalue weighted by Crippen LogP contribution is -2.42. The number of carbonyl (C=O) groups is 4. The van der Waals surface area contributed by atoms with Crippen molar-refractivity contribution in [3.8, 4) is 11.5 Å². The topological polar surface area (TPSA) is 142 Å². The molecule has 4 atom stereocenters. The molecule has 0 radical (unpaired) electrons. The van der Waals surface area contributed by atoms with Gasteiger partial charge in [0, 0.05) is 31.1 Å². The molecule has 1 aromatic carbocycles. The van der Waals surface area contributed by atoms with Crippen LogP contribution in [0.1, 0.15) is 97.5 Å². The second kappa shape index (κ2) is 15.9. The minimum absolute atomic E-state index is 0.00871. The van der Waals surface area contributed by atoms with Crippen molar-refractivity contribution in [2.24, 2.45) is 11.7 Å². The van der Waals surface area contributed by atoms with E-state index in [-0.39, 0.29) is 36.7 Å². The molecule has 1 rings (SSSR count). The smallest absolute Gasteiger partial charge is 0.321 e. The molecule has 0 aromatic heterocycles. The van der Waals surface area contributed by atoms with Crippen LogP contribution in [0.2, 0.25) is 0 Å². The van der Waals surface area contributed by atoms with Gasteiger partial charge in [0.15, 0.2) is 11.5 Å². The van der Waals surface area contributed by atoms with Crippen LogP contribution in [0.15, 0.2) is 18.2 Å². The minimum atomic E-state index is -1.33. The van der Waals surface area contributed by atoms with E-state index in [4.69, 9.17) is 19.9 Å². The molecule has 36 heavy (non-hydrogen) atoms. The molecule has 0 aliphatic carbocycles. The Labute approximate surface area is 213 Å². The fourth-order valence-corrected chi connectivity index (χ4v) is 3.83. The first-order valence-corrected chi connectivity index (χ1v) is 12.8. The van der Waals surface area contributed by atoms with Crippen LogP contribution in [-0.2, 0) is 23.9 Å². The lowest BCUT2D eigenvalue weighted by atomic mass is 9.79. The number of ether oxygens (including phenoxy) is 3. The molecule has 0 fully saturated rings. The summed E-state index contributed by atoms with van der Waals surface area (Å²) in [5.74, 6) is -3.77. The molecule has 0 spiro atoms. The fourth-order valence-electron chi connectivity index (χ4n) is 3.83. The molecule has 3 N–H and O–H groups in total. The Morgan fingerprint density at radius 1 is 0.833 bits per heavy atom. The van der Waals surface area contributed by atoms with Gasteiger partial charge in [-0.1, -0.05) is 46.6 Å². The van der Waals surface area contributed by atoms with E-state index in [1.54, 1.807) is 19.9 Å². The number of nitrogens with two attached hydrogens (primary N) is 1. The van der Waals surface area contributed by atoms with Crippen LogP contribution in [-0.4, -0.2) is 41.1 Å². The second-order valence-corrected chi connectivity index (χ2v) is 9.06. The zero-order chi connectivity index (χ0) is 27.3. The number of carboxylic acids is 1. The molecule has 9 nitrogen and oxygen atoms in total. The highest BCUT2D eigenvalue weighted by atomic mass is 16.6. The molecule has 0 bridgehead atoms. The van der Waals surface area contributed by atoms with E-state index in [2.05, 4.69) is 0 Å². The zero-order valence-electron chi connectivity index (χ0n) is 22.1. The van der Waals surface area contributed by atoms with Crippen molar-refractivity contribution >= 4 is 23.9 Å². The van der Waals surface area contributed by atoms with Crippen LogP contribution in [0.5, 0.6) is 11.5 Å². The molecule has 1 aromatic rings. The van der Waals surface area contributed by atoms with Gasteiger partial charge < -0.3 is 25.1 Å². The molecule has 3 unspecified atom stereocenters. The fraction of sp³-hybridized carbons (Fsp3) is 0.630. The molecule has 0 saturated heterocycles. The van der Waals surface area contributed by atoms with E-state index in [9.17, 15) is 24.3 Å². The summed E-state index contributed by atoms with van der Waals surface area (Å²) < 4.78 is 16.4. The lowest BCUT2D eigenvalue weighted by molar-refractivity contribution is -0.151. The van der Waals surface area contributed by atoms with Gasteiger partial charge in [0.2, 0.25) is 0 Å². The van der Waals surface area contributed by atoms with Crippen molar-refractivity contribution in [2.45, 2.75) is 104 Å². The molecule has 0 amide bonds. The van der Waals surface area contributed by atoms with Crippen LogP contribution < -0.4 is 15.2 Å². The monoisotopic (exact) mass is 507 g/mol. The summed E-state index contributed by atoms with van der Waals surface area (Å²) in [7, 11) is 0. The first-order valence-electron chi connectivity index (χ1n) is 12.8. The zero-order valence-corrected chi connectivity index (χ0v) is 22.1. The van der Waals surface area contributed by atoms with Crippen molar-refractivity contribution in [3.05, 3.63) is 23.8 Å². The van der Waals surface area contributed by atoms with Gasteiger partial charge in [-0.25, -0.2) is 0 Å². The first kappa shape index (κ1) is 31.1. The number of unbranched alkanes of at least 4 members (excludes halogenated alkanes) is 2. The van der Waals surface area contributed by atoms with Crippen LogP contribution in [0.3, 0.4) is 0 Å². The molecule has 9 heteroatoms. The van der Waals surface area contributed by atoms with E-state index in [1.807, 2.05) is 20.8 Å². The number of esters is 3. The van der Waals surface area contributed by atoms with Gasteiger partial charge >= 0.3 is 23.9 Å². The summed E-state index contributed by atoms with van der Waals surface area (Å²) >= 11 is 0. The Balaban J connectivity index is 3.32. The van der Waals surface area contributed by atoms with E-state index in [0.717, 1.165) is 19.3 Å².